The van der Waals surface area contributed by atoms with Crippen molar-refractivity contribution in [3.63, 3.8) is 0 Å². The summed E-state index contributed by atoms with van der Waals surface area (Å²) in [6.45, 7) is 8.53. The number of carbonyl (C=O) groups excluding carboxylic acids is 1. The zero-order valence-electron chi connectivity index (χ0n) is 20.2. The second kappa shape index (κ2) is 9.82. The van der Waals surface area contributed by atoms with E-state index < -0.39 is 17.4 Å². The molecule has 34 heavy (non-hydrogen) atoms. The number of halogens is 3. The van der Waals surface area contributed by atoms with Crippen LogP contribution in [-0.4, -0.2) is 35.2 Å². The Hall–Kier alpha value is -2.18. The highest BCUT2D eigenvalue weighted by Gasteiger charge is 2.32. The summed E-state index contributed by atoms with van der Waals surface area (Å²) < 4.78 is 40.5. The number of piperidine rings is 1. The van der Waals surface area contributed by atoms with Gasteiger partial charge in [0.2, 0.25) is 0 Å². The van der Waals surface area contributed by atoms with Crippen molar-refractivity contribution < 1.29 is 23.0 Å². The molecule has 0 radical (unpaired) electrons. The van der Waals surface area contributed by atoms with Crippen LogP contribution in [0, 0.1) is 11.6 Å². The molecular formula is C27H32ClF2NO3. The Bertz CT molecular complexity index is 1060. The molecule has 0 aromatic heterocycles. The summed E-state index contributed by atoms with van der Waals surface area (Å²) in [6, 6.07) is 8.04. The summed E-state index contributed by atoms with van der Waals surface area (Å²) in [5.74, 6) is -1.29. The average Bonchev–Trinajstić information content (AvgIpc) is 3.58. The molecule has 1 saturated carbocycles. The van der Waals surface area contributed by atoms with Crippen LogP contribution >= 0.6 is 11.6 Å². The molecular weight excluding hydrogens is 460 g/mol. The van der Waals surface area contributed by atoms with Gasteiger partial charge >= 0.3 is 5.97 Å². The van der Waals surface area contributed by atoms with Crippen molar-refractivity contribution in [1.82, 2.24) is 4.90 Å². The Balaban J connectivity index is 1.53. The number of benzene rings is 2. The van der Waals surface area contributed by atoms with Gasteiger partial charge in [0.15, 0.2) is 11.6 Å². The molecule has 1 heterocycles. The number of hydrogen-bond acceptors (Lipinski definition) is 4. The summed E-state index contributed by atoms with van der Waals surface area (Å²) in [7, 11) is 0. The molecule has 184 valence electrons. The van der Waals surface area contributed by atoms with E-state index in [1.54, 1.807) is 39.0 Å². The van der Waals surface area contributed by atoms with E-state index in [1.165, 1.54) is 12.1 Å². The summed E-state index contributed by atoms with van der Waals surface area (Å²) in [6.07, 6.45) is 3.43. The predicted octanol–water partition coefficient (Wildman–Crippen LogP) is 6.88. The SMILES string of the molecule is C[C@@H]1CC[C@@H](Oc2cc(C3CC3)cc(C(=O)OC(C)(C)C)c2F)CN1Cc1ccc(F)cc1Cl. The average molecular weight is 492 g/mol. The molecule has 0 N–H and O–H groups in total. The molecule has 2 atom stereocenters. The lowest BCUT2D eigenvalue weighted by molar-refractivity contribution is 0.00617. The highest BCUT2D eigenvalue weighted by atomic mass is 35.5. The van der Waals surface area contributed by atoms with Crippen molar-refractivity contribution in [3.05, 3.63) is 63.7 Å². The van der Waals surface area contributed by atoms with Crippen molar-refractivity contribution in [2.24, 2.45) is 0 Å². The molecule has 2 aromatic carbocycles. The lowest BCUT2D eigenvalue weighted by Gasteiger charge is -2.38. The first-order valence-electron chi connectivity index (χ1n) is 11.9. The number of hydrogen-bond donors (Lipinski definition) is 0. The number of esters is 1. The molecule has 0 amide bonds. The van der Waals surface area contributed by atoms with Gasteiger partial charge in [-0.05, 0) is 94.7 Å². The van der Waals surface area contributed by atoms with E-state index >= 15 is 4.39 Å². The first-order chi connectivity index (χ1) is 16.0. The quantitative estimate of drug-likeness (QED) is 0.413. The third kappa shape index (κ3) is 6.08. The Labute approximate surface area is 205 Å². The van der Waals surface area contributed by atoms with Gasteiger partial charge in [0.05, 0.1) is 5.56 Å². The first-order valence-corrected chi connectivity index (χ1v) is 12.3. The summed E-state index contributed by atoms with van der Waals surface area (Å²) in [4.78, 5) is 14.9. The van der Waals surface area contributed by atoms with Gasteiger partial charge in [0.1, 0.15) is 17.5 Å². The highest BCUT2D eigenvalue weighted by Crippen LogP contribution is 2.43. The van der Waals surface area contributed by atoms with Crippen LogP contribution in [0.4, 0.5) is 8.78 Å². The van der Waals surface area contributed by atoms with E-state index in [1.807, 2.05) is 0 Å². The second-order valence-corrected chi connectivity index (χ2v) is 10.9. The van der Waals surface area contributed by atoms with E-state index in [0.29, 0.717) is 24.0 Å². The predicted molar refractivity (Wildman–Crippen MR) is 128 cm³/mol. The van der Waals surface area contributed by atoms with Gasteiger partial charge < -0.3 is 9.47 Å². The standard InChI is InChI=1S/C27H32ClF2NO3/c1-16-5-10-21(15-31(16)14-18-8-9-20(29)13-23(18)28)33-24-12-19(17-6-7-17)11-22(25(24)30)26(32)34-27(2,3)4/h8-9,11-13,16-17,21H,5-7,10,14-15H2,1-4H3/t16-,21-/m1/s1. The third-order valence-corrected chi connectivity index (χ3v) is 6.73. The molecule has 1 saturated heterocycles. The molecule has 1 aliphatic carbocycles. The number of carbonyl (C=O) groups is 1. The molecule has 4 rings (SSSR count). The van der Waals surface area contributed by atoms with Crippen LogP contribution in [0.5, 0.6) is 5.75 Å². The molecule has 1 aliphatic heterocycles. The van der Waals surface area contributed by atoms with E-state index in [2.05, 4.69) is 11.8 Å². The van der Waals surface area contributed by atoms with E-state index in [4.69, 9.17) is 21.1 Å². The second-order valence-electron chi connectivity index (χ2n) is 10.5. The fourth-order valence-electron chi connectivity index (χ4n) is 4.35. The number of rotatable bonds is 6. The van der Waals surface area contributed by atoms with Crippen molar-refractivity contribution in [2.45, 2.75) is 83.6 Å². The normalized spacial score (nSPS) is 21.4. The van der Waals surface area contributed by atoms with Gasteiger partial charge in [-0.3, -0.25) is 4.90 Å². The lowest BCUT2D eigenvalue weighted by Crippen LogP contribution is -2.45. The van der Waals surface area contributed by atoms with Gasteiger partial charge in [-0.15, -0.1) is 0 Å². The van der Waals surface area contributed by atoms with Crippen LogP contribution < -0.4 is 4.74 Å². The Morgan fingerprint density at radius 1 is 1.12 bits per heavy atom. The smallest absolute Gasteiger partial charge is 0.341 e. The topological polar surface area (TPSA) is 38.8 Å². The zero-order valence-corrected chi connectivity index (χ0v) is 20.9. The minimum absolute atomic E-state index is 0.0755. The lowest BCUT2D eigenvalue weighted by atomic mass is 10.00. The summed E-state index contributed by atoms with van der Waals surface area (Å²) in [5.41, 5.74) is 0.955. The fraction of sp³-hybridized carbons (Fsp3) is 0.519. The van der Waals surface area contributed by atoms with E-state index in [0.717, 1.165) is 36.8 Å². The molecule has 0 bridgehead atoms. The van der Waals surface area contributed by atoms with Gasteiger partial charge in [0, 0.05) is 24.2 Å². The molecule has 0 spiro atoms. The number of nitrogens with zero attached hydrogens (tertiary/aromatic N) is 1. The largest absolute Gasteiger partial charge is 0.486 e. The van der Waals surface area contributed by atoms with Crippen molar-refractivity contribution in [2.75, 3.05) is 6.54 Å². The van der Waals surface area contributed by atoms with Crippen molar-refractivity contribution >= 4 is 17.6 Å². The Morgan fingerprint density at radius 2 is 1.85 bits per heavy atom. The van der Waals surface area contributed by atoms with Crippen LogP contribution in [-0.2, 0) is 11.3 Å². The number of ether oxygens (including phenoxy) is 2. The Kier molecular flexibility index (Phi) is 7.20. The molecule has 2 aliphatic rings. The highest BCUT2D eigenvalue weighted by molar-refractivity contribution is 6.31. The van der Waals surface area contributed by atoms with Gasteiger partial charge in [-0.25, -0.2) is 13.6 Å². The van der Waals surface area contributed by atoms with Crippen LogP contribution in [0.3, 0.4) is 0 Å². The maximum atomic E-state index is 15.4. The summed E-state index contributed by atoms with van der Waals surface area (Å²) >= 11 is 6.24. The van der Waals surface area contributed by atoms with Gasteiger partial charge in [0.25, 0.3) is 0 Å². The Morgan fingerprint density at radius 3 is 2.50 bits per heavy atom. The maximum Gasteiger partial charge on any atom is 0.341 e. The maximum absolute atomic E-state index is 15.4. The fourth-order valence-corrected chi connectivity index (χ4v) is 4.57. The monoisotopic (exact) mass is 491 g/mol. The summed E-state index contributed by atoms with van der Waals surface area (Å²) in [5, 5.41) is 0.389. The van der Waals surface area contributed by atoms with Crippen LogP contribution in [0.25, 0.3) is 0 Å². The molecule has 2 aromatic rings. The first kappa shape index (κ1) is 24.9. The van der Waals surface area contributed by atoms with E-state index in [9.17, 15) is 9.18 Å². The zero-order chi connectivity index (χ0) is 24.6. The minimum atomic E-state index is -0.720. The van der Waals surface area contributed by atoms with Crippen LogP contribution in [0.2, 0.25) is 5.02 Å². The molecule has 2 fully saturated rings. The van der Waals surface area contributed by atoms with Gasteiger partial charge in [-0.2, -0.15) is 0 Å². The minimum Gasteiger partial charge on any atom is -0.486 e. The van der Waals surface area contributed by atoms with E-state index in [-0.39, 0.29) is 29.3 Å². The van der Waals surface area contributed by atoms with Crippen molar-refractivity contribution in [1.29, 1.82) is 0 Å². The van der Waals surface area contributed by atoms with Gasteiger partial charge in [-0.1, -0.05) is 17.7 Å². The van der Waals surface area contributed by atoms with Crippen LogP contribution in [0.1, 0.15) is 80.8 Å². The molecule has 7 heteroatoms. The molecule has 4 nitrogen and oxygen atoms in total. The van der Waals surface area contributed by atoms with Crippen LogP contribution in [0.15, 0.2) is 30.3 Å². The third-order valence-electron chi connectivity index (χ3n) is 6.38. The molecule has 0 unspecified atom stereocenters. The number of likely N-dealkylation sites (tertiary alicyclic amines) is 1. The van der Waals surface area contributed by atoms with Crippen molar-refractivity contribution in [3.8, 4) is 5.75 Å².